The Hall–Kier alpha value is -1.42. The first-order valence-corrected chi connectivity index (χ1v) is 5.02. The van der Waals surface area contributed by atoms with Crippen molar-refractivity contribution in [1.29, 1.82) is 0 Å². The summed E-state index contributed by atoms with van der Waals surface area (Å²) in [5.74, 6) is 0.287. The highest BCUT2D eigenvalue weighted by molar-refractivity contribution is 7.13. The van der Waals surface area contributed by atoms with E-state index in [4.69, 9.17) is 4.42 Å². The second-order valence-corrected chi connectivity index (χ2v) is 4.16. The topological polar surface area (TPSA) is 43.1 Å². The van der Waals surface area contributed by atoms with Crippen LogP contribution in [-0.2, 0) is 0 Å². The highest BCUT2D eigenvalue weighted by atomic mass is 32.1. The van der Waals surface area contributed by atoms with Crippen LogP contribution < -0.4 is 0 Å². The number of aromatic nitrogens is 1. The molecule has 0 saturated carbocycles. The van der Waals surface area contributed by atoms with E-state index < -0.39 is 0 Å². The summed E-state index contributed by atoms with van der Waals surface area (Å²) in [6, 6.07) is 3.37. The van der Waals surface area contributed by atoms with Crippen LogP contribution in [0.3, 0.4) is 0 Å². The lowest BCUT2D eigenvalue weighted by Crippen LogP contribution is -1.98. The molecule has 14 heavy (non-hydrogen) atoms. The van der Waals surface area contributed by atoms with E-state index in [1.807, 2.05) is 13.8 Å². The zero-order valence-electron chi connectivity index (χ0n) is 7.90. The number of hydrogen-bond donors (Lipinski definition) is 0. The molecule has 2 aromatic heterocycles. The Balaban J connectivity index is 2.41. The number of carbonyl (C=O) groups is 1. The SMILES string of the molecule is Cc1nc(C)c(C(=O)c2ccco2)s1. The van der Waals surface area contributed by atoms with Gasteiger partial charge in [-0.1, -0.05) is 0 Å². The summed E-state index contributed by atoms with van der Waals surface area (Å²) in [7, 11) is 0. The molecule has 0 N–H and O–H groups in total. The maximum atomic E-state index is 11.8. The minimum atomic E-state index is -0.0851. The van der Waals surface area contributed by atoms with Crippen molar-refractivity contribution in [2.45, 2.75) is 13.8 Å². The molecule has 0 aromatic carbocycles. The van der Waals surface area contributed by atoms with Gasteiger partial charge in [0.05, 0.1) is 17.0 Å². The summed E-state index contributed by atoms with van der Waals surface area (Å²) in [5, 5.41) is 0.900. The quantitative estimate of drug-likeness (QED) is 0.711. The number of ketones is 1. The third-order valence-electron chi connectivity index (χ3n) is 1.85. The molecule has 0 amide bonds. The standard InChI is InChI=1S/C10H9NO2S/c1-6-10(14-7(2)11-6)9(12)8-4-3-5-13-8/h3-5H,1-2H3. The number of rotatable bonds is 2. The van der Waals surface area contributed by atoms with Gasteiger partial charge in [-0.2, -0.15) is 0 Å². The molecular weight excluding hydrogens is 198 g/mol. The minimum absolute atomic E-state index is 0.0851. The van der Waals surface area contributed by atoms with Crippen molar-refractivity contribution < 1.29 is 9.21 Å². The van der Waals surface area contributed by atoms with Gasteiger partial charge in [0.25, 0.3) is 0 Å². The van der Waals surface area contributed by atoms with Gasteiger partial charge in [-0.15, -0.1) is 11.3 Å². The molecule has 0 aliphatic heterocycles. The highest BCUT2D eigenvalue weighted by Gasteiger charge is 2.17. The Bertz CT molecular complexity index is 456. The predicted molar refractivity (Wildman–Crippen MR) is 53.7 cm³/mol. The highest BCUT2D eigenvalue weighted by Crippen LogP contribution is 2.20. The van der Waals surface area contributed by atoms with E-state index in [0.717, 1.165) is 10.7 Å². The molecular formula is C10H9NO2S. The van der Waals surface area contributed by atoms with E-state index in [-0.39, 0.29) is 5.78 Å². The van der Waals surface area contributed by atoms with E-state index in [0.29, 0.717) is 10.6 Å². The van der Waals surface area contributed by atoms with Gasteiger partial charge in [0.1, 0.15) is 4.88 Å². The first-order chi connectivity index (χ1) is 6.68. The van der Waals surface area contributed by atoms with Crippen molar-refractivity contribution in [1.82, 2.24) is 4.98 Å². The fourth-order valence-corrected chi connectivity index (χ4v) is 2.13. The zero-order chi connectivity index (χ0) is 10.1. The van der Waals surface area contributed by atoms with Crippen LogP contribution >= 0.6 is 11.3 Å². The lowest BCUT2D eigenvalue weighted by molar-refractivity contribution is 0.101. The van der Waals surface area contributed by atoms with Gasteiger partial charge in [0.2, 0.25) is 5.78 Å². The smallest absolute Gasteiger partial charge is 0.239 e. The fraction of sp³-hybridized carbons (Fsp3) is 0.200. The second kappa shape index (κ2) is 3.38. The van der Waals surface area contributed by atoms with Gasteiger partial charge in [0, 0.05) is 0 Å². The number of thiazole rings is 1. The first kappa shape index (κ1) is 9.15. The summed E-state index contributed by atoms with van der Waals surface area (Å²) in [6.07, 6.45) is 1.50. The molecule has 0 atom stereocenters. The lowest BCUT2D eigenvalue weighted by atomic mass is 10.2. The average molecular weight is 207 g/mol. The first-order valence-electron chi connectivity index (χ1n) is 4.20. The third-order valence-corrected chi connectivity index (χ3v) is 2.93. The van der Waals surface area contributed by atoms with E-state index in [1.54, 1.807) is 12.1 Å². The summed E-state index contributed by atoms with van der Waals surface area (Å²) < 4.78 is 5.04. The van der Waals surface area contributed by atoms with Gasteiger partial charge < -0.3 is 4.42 Å². The van der Waals surface area contributed by atoms with Crippen molar-refractivity contribution >= 4 is 17.1 Å². The molecule has 0 spiro atoms. The molecule has 0 fully saturated rings. The van der Waals surface area contributed by atoms with Gasteiger partial charge in [0.15, 0.2) is 5.76 Å². The van der Waals surface area contributed by atoms with Crippen LogP contribution in [0.15, 0.2) is 22.8 Å². The molecule has 2 aromatic rings. The molecule has 4 heteroatoms. The molecule has 0 bridgehead atoms. The largest absolute Gasteiger partial charge is 0.461 e. The Kier molecular flexibility index (Phi) is 2.21. The number of nitrogens with zero attached hydrogens (tertiary/aromatic N) is 1. The van der Waals surface area contributed by atoms with Crippen molar-refractivity contribution in [2.24, 2.45) is 0 Å². The van der Waals surface area contributed by atoms with Gasteiger partial charge in [-0.3, -0.25) is 4.79 Å². The van der Waals surface area contributed by atoms with E-state index in [1.165, 1.54) is 17.6 Å². The van der Waals surface area contributed by atoms with Crippen LogP contribution in [0.1, 0.15) is 26.1 Å². The minimum Gasteiger partial charge on any atom is -0.461 e. The van der Waals surface area contributed by atoms with Crippen LogP contribution in [0.25, 0.3) is 0 Å². The Morgan fingerprint density at radius 3 is 2.79 bits per heavy atom. The lowest BCUT2D eigenvalue weighted by Gasteiger charge is -1.92. The molecule has 72 valence electrons. The monoisotopic (exact) mass is 207 g/mol. The van der Waals surface area contributed by atoms with Gasteiger partial charge in [-0.25, -0.2) is 4.98 Å². The van der Waals surface area contributed by atoms with Crippen LogP contribution in [0.4, 0.5) is 0 Å². The number of aryl methyl sites for hydroxylation is 2. The number of hydrogen-bond acceptors (Lipinski definition) is 4. The maximum absolute atomic E-state index is 11.8. The molecule has 2 rings (SSSR count). The zero-order valence-corrected chi connectivity index (χ0v) is 8.72. The fourth-order valence-electron chi connectivity index (χ4n) is 1.26. The molecule has 0 aliphatic carbocycles. The van der Waals surface area contributed by atoms with E-state index in [2.05, 4.69) is 4.98 Å². The van der Waals surface area contributed by atoms with Gasteiger partial charge in [-0.05, 0) is 26.0 Å². The second-order valence-electron chi connectivity index (χ2n) is 2.95. The molecule has 0 aliphatic rings. The van der Waals surface area contributed by atoms with Gasteiger partial charge >= 0.3 is 0 Å². The van der Waals surface area contributed by atoms with Crippen molar-refractivity contribution in [3.8, 4) is 0 Å². The summed E-state index contributed by atoms with van der Waals surface area (Å²) in [4.78, 5) is 16.7. The van der Waals surface area contributed by atoms with Crippen LogP contribution in [0.2, 0.25) is 0 Å². The number of furan rings is 1. The van der Waals surface area contributed by atoms with Crippen LogP contribution in [0.5, 0.6) is 0 Å². The van der Waals surface area contributed by atoms with E-state index >= 15 is 0 Å². The Morgan fingerprint density at radius 2 is 2.29 bits per heavy atom. The van der Waals surface area contributed by atoms with Crippen molar-refractivity contribution in [2.75, 3.05) is 0 Å². The molecule has 3 nitrogen and oxygen atoms in total. The Morgan fingerprint density at radius 1 is 1.50 bits per heavy atom. The van der Waals surface area contributed by atoms with Crippen LogP contribution in [-0.4, -0.2) is 10.8 Å². The molecule has 0 saturated heterocycles. The van der Waals surface area contributed by atoms with E-state index in [9.17, 15) is 4.79 Å². The summed E-state index contributed by atoms with van der Waals surface area (Å²) >= 11 is 1.40. The maximum Gasteiger partial charge on any atom is 0.239 e. The summed E-state index contributed by atoms with van der Waals surface area (Å²) in [5.41, 5.74) is 0.772. The molecule has 0 radical (unpaired) electrons. The Labute approximate surface area is 85.4 Å². The average Bonchev–Trinajstić information content (AvgIpc) is 2.73. The third kappa shape index (κ3) is 1.48. The number of carbonyl (C=O) groups excluding carboxylic acids is 1. The predicted octanol–water partition coefficient (Wildman–Crippen LogP) is 2.58. The summed E-state index contributed by atoms with van der Waals surface area (Å²) in [6.45, 7) is 3.72. The van der Waals surface area contributed by atoms with Crippen molar-refractivity contribution in [3.63, 3.8) is 0 Å². The van der Waals surface area contributed by atoms with Crippen LogP contribution in [0, 0.1) is 13.8 Å². The molecule has 0 unspecified atom stereocenters. The van der Waals surface area contributed by atoms with Crippen molar-refractivity contribution in [3.05, 3.63) is 39.7 Å². The normalized spacial score (nSPS) is 10.4. The molecule has 2 heterocycles.